The van der Waals surface area contributed by atoms with Crippen LogP contribution in [0.5, 0.6) is 0 Å². The Morgan fingerprint density at radius 2 is 2.29 bits per heavy atom. The molecule has 1 amide bonds. The number of anilines is 2. The van der Waals surface area contributed by atoms with Gasteiger partial charge in [0.05, 0.1) is 11.9 Å². The molecule has 1 heterocycles. The van der Waals surface area contributed by atoms with Crippen molar-refractivity contribution in [2.75, 3.05) is 24.1 Å². The van der Waals surface area contributed by atoms with Crippen LogP contribution in [-0.4, -0.2) is 24.0 Å². The molecule has 0 aromatic carbocycles. The van der Waals surface area contributed by atoms with Gasteiger partial charge in [-0.05, 0) is 31.4 Å². The van der Waals surface area contributed by atoms with Crippen LogP contribution in [0.25, 0.3) is 0 Å². The molecule has 92 valence electrons. The first-order valence-corrected chi connectivity index (χ1v) is 5.90. The summed E-state index contributed by atoms with van der Waals surface area (Å²) < 4.78 is 0. The average Bonchev–Trinajstić information content (AvgIpc) is 3.13. The smallest absolute Gasteiger partial charge is 0.223 e. The summed E-state index contributed by atoms with van der Waals surface area (Å²) in [6.07, 6.45) is 3.72. The molecule has 0 aliphatic heterocycles. The second-order valence-electron chi connectivity index (χ2n) is 4.42. The predicted molar refractivity (Wildman–Crippen MR) is 67.6 cm³/mol. The average molecular weight is 234 g/mol. The zero-order valence-electron chi connectivity index (χ0n) is 9.99. The lowest BCUT2D eigenvalue weighted by molar-refractivity contribution is -0.122. The fourth-order valence-electron chi connectivity index (χ4n) is 1.53. The largest absolute Gasteiger partial charge is 0.397 e. The number of pyridine rings is 1. The maximum atomic E-state index is 11.3. The molecule has 0 saturated heterocycles. The third-order valence-electron chi connectivity index (χ3n) is 2.83. The van der Waals surface area contributed by atoms with Crippen molar-refractivity contribution in [3.63, 3.8) is 0 Å². The number of aryl methyl sites for hydroxylation is 1. The highest BCUT2D eigenvalue weighted by Crippen LogP contribution is 2.28. The summed E-state index contributed by atoms with van der Waals surface area (Å²) in [5, 5.41) is 6.03. The van der Waals surface area contributed by atoms with Crippen molar-refractivity contribution in [1.82, 2.24) is 10.3 Å². The minimum atomic E-state index is 0.174. The summed E-state index contributed by atoms with van der Waals surface area (Å²) in [6, 6.07) is 1.90. The van der Waals surface area contributed by atoms with Crippen LogP contribution in [0.4, 0.5) is 11.5 Å². The summed E-state index contributed by atoms with van der Waals surface area (Å²) in [6.45, 7) is 3.24. The van der Waals surface area contributed by atoms with Gasteiger partial charge in [0.15, 0.2) is 0 Å². The molecule has 1 aliphatic carbocycles. The van der Waals surface area contributed by atoms with Crippen LogP contribution in [0, 0.1) is 12.8 Å². The number of amides is 1. The van der Waals surface area contributed by atoms with E-state index in [4.69, 9.17) is 5.73 Å². The molecule has 1 aromatic heterocycles. The number of nitrogen functional groups attached to an aromatic ring is 1. The Labute approximate surface area is 101 Å². The molecule has 2 rings (SSSR count). The molecular formula is C12H18N4O. The van der Waals surface area contributed by atoms with E-state index in [1.807, 2.05) is 13.0 Å². The maximum absolute atomic E-state index is 11.3. The van der Waals surface area contributed by atoms with Gasteiger partial charge < -0.3 is 16.4 Å². The number of aromatic nitrogens is 1. The highest BCUT2D eigenvalue weighted by atomic mass is 16.2. The Kier molecular flexibility index (Phi) is 3.46. The molecule has 5 heteroatoms. The van der Waals surface area contributed by atoms with Gasteiger partial charge >= 0.3 is 0 Å². The minimum absolute atomic E-state index is 0.174. The Hall–Kier alpha value is -1.78. The van der Waals surface area contributed by atoms with E-state index in [1.165, 1.54) is 0 Å². The van der Waals surface area contributed by atoms with E-state index in [-0.39, 0.29) is 11.8 Å². The van der Waals surface area contributed by atoms with Gasteiger partial charge in [-0.15, -0.1) is 0 Å². The number of hydrogen-bond donors (Lipinski definition) is 3. The zero-order chi connectivity index (χ0) is 12.3. The molecule has 1 aliphatic rings. The van der Waals surface area contributed by atoms with Gasteiger partial charge in [0.2, 0.25) is 5.91 Å². The standard InChI is InChI=1S/C12H18N4O/c1-8-6-11(16-7-10(8)13)14-4-5-15-12(17)9-2-3-9/h6-7,9H,2-5,13H2,1H3,(H,14,16)(H,15,17). The summed E-state index contributed by atoms with van der Waals surface area (Å²) in [7, 11) is 0. The fraction of sp³-hybridized carbons (Fsp3) is 0.500. The van der Waals surface area contributed by atoms with E-state index in [2.05, 4.69) is 15.6 Å². The number of carbonyl (C=O) groups excluding carboxylic acids is 1. The molecule has 0 bridgehead atoms. The first-order chi connectivity index (χ1) is 8.16. The van der Waals surface area contributed by atoms with Gasteiger partial charge in [-0.3, -0.25) is 4.79 Å². The van der Waals surface area contributed by atoms with E-state index in [0.29, 0.717) is 18.8 Å². The molecule has 0 unspecified atom stereocenters. The maximum Gasteiger partial charge on any atom is 0.223 e. The normalized spacial score (nSPS) is 14.4. The molecule has 1 saturated carbocycles. The third-order valence-corrected chi connectivity index (χ3v) is 2.83. The Morgan fingerprint density at radius 1 is 1.53 bits per heavy atom. The van der Waals surface area contributed by atoms with E-state index in [9.17, 15) is 4.79 Å². The van der Waals surface area contributed by atoms with E-state index < -0.39 is 0 Å². The topological polar surface area (TPSA) is 80.0 Å². The van der Waals surface area contributed by atoms with Gasteiger partial charge in [0.1, 0.15) is 5.82 Å². The Balaban J connectivity index is 1.70. The summed E-state index contributed by atoms with van der Waals surface area (Å²) >= 11 is 0. The highest BCUT2D eigenvalue weighted by molar-refractivity contribution is 5.80. The molecule has 0 radical (unpaired) electrons. The molecule has 1 fully saturated rings. The quantitative estimate of drug-likeness (QED) is 0.662. The van der Waals surface area contributed by atoms with Crippen LogP contribution in [0.2, 0.25) is 0 Å². The van der Waals surface area contributed by atoms with Crippen molar-refractivity contribution in [2.24, 2.45) is 5.92 Å². The third kappa shape index (κ3) is 3.34. The molecule has 1 aromatic rings. The van der Waals surface area contributed by atoms with Gasteiger partial charge in [0, 0.05) is 19.0 Å². The Bertz CT molecular complexity index is 415. The first kappa shape index (κ1) is 11.7. The van der Waals surface area contributed by atoms with Crippen LogP contribution < -0.4 is 16.4 Å². The van der Waals surface area contributed by atoms with Crippen molar-refractivity contribution in [2.45, 2.75) is 19.8 Å². The van der Waals surface area contributed by atoms with Crippen molar-refractivity contribution < 1.29 is 4.79 Å². The van der Waals surface area contributed by atoms with E-state index in [0.717, 1.165) is 24.2 Å². The van der Waals surface area contributed by atoms with Gasteiger partial charge in [-0.25, -0.2) is 4.98 Å². The number of carbonyl (C=O) groups is 1. The first-order valence-electron chi connectivity index (χ1n) is 5.90. The van der Waals surface area contributed by atoms with Crippen LogP contribution in [0.1, 0.15) is 18.4 Å². The number of rotatable bonds is 5. The molecule has 0 spiro atoms. The van der Waals surface area contributed by atoms with Crippen LogP contribution >= 0.6 is 0 Å². The molecule has 0 atom stereocenters. The number of hydrogen-bond acceptors (Lipinski definition) is 4. The van der Waals surface area contributed by atoms with E-state index in [1.54, 1.807) is 6.20 Å². The lowest BCUT2D eigenvalue weighted by Crippen LogP contribution is -2.29. The number of nitrogens with zero attached hydrogens (tertiary/aromatic N) is 1. The minimum Gasteiger partial charge on any atom is -0.397 e. The van der Waals surface area contributed by atoms with Crippen LogP contribution in [-0.2, 0) is 4.79 Å². The zero-order valence-corrected chi connectivity index (χ0v) is 9.99. The lowest BCUT2D eigenvalue weighted by atomic mass is 10.2. The molecular weight excluding hydrogens is 216 g/mol. The van der Waals surface area contributed by atoms with Crippen molar-refractivity contribution in [3.05, 3.63) is 17.8 Å². The van der Waals surface area contributed by atoms with Crippen LogP contribution in [0.15, 0.2) is 12.3 Å². The Morgan fingerprint density at radius 3 is 2.94 bits per heavy atom. The fourth-order valence-corrected chi connectivity index (χ4v) is 1.53. The van der Waals surface area contributed by atoms with Gasteiger partial charge in [-0.2, -0.15) is 0 Å². The number of nitrogens with one attached hydrogen (secondary N) is 2. The van der Waals surface area contributed by atoms with Gasteiger partial charge in [0.25, 0.3) is 0 Å². The molecule has 17 heavy (non-hydrogen) atoms. The summed E-state index contributed by atoms with van der Waals surface area (Å²) in [4.78, 5) is 15.5. The molecule has 4 N–H and O–H groups in total. The van der Waals surface area contributed by atoms with Crippen molar-refractivity contribution in [1.29, 1.82) is 0 Å². The monoisotopic (exact) mass is 234 g/mol. The van der Waals surface area contributed by atoms with Gasteiger partial charge in [-0.1, -0.05) is 0 Å². The van der Waals surface area contributed by atoms with Crippen molar-refractivity contribution in [3.8, 4) is 0 Å². The second-order valence-corrected chi connectivity index (χ2v) is 4.42. The lowest BCUT2D eigenvalue weighted by Gasteiger charge is -2.08. The molecule has 5 nitrogen and oxygen atoms in total. The van der Waals surface area contributed by atoms with Crippen molar-refractivity contribution >= 4 is 17.4 Å². The van der Waals surface area contributed by atoms with Crippen LogP contribution in [0.3, 0.4) is 0 Å². The number of nitrogens with two attached hydrogens (primary N) is 1. The second kappa shape index (κ2) is 5.03. The van der Waals surface area contributed by atoms with E-state index >= 15 is 0 Å². The predicted octanol–water partition coefficient (Wildman–Crippen LogP) is 0.910. The SMILES string of the molecule is Cc1cc(NCCNC(=O)C2CC2)ncc1N. The summed E-state index contributed by atoms with van der Waals surface area (Å²) in [5.41, 5.74) is 7.37. The summed E-state index contributed by atoms with van der Waals surface area (Å²) in [5.74, 6) is 1.23. The highest BCUT2D eigenvalue weighted by Gasteiger charge is 2.28.